The van der Waals surface area contributed by atoms with E-state index in [4.69, 9.17) is 10.5 Å². The van der Waals surface area contributed by atoms with E-state index in [-0.39, 0.29) is 11.6 Å². The minimum Gasteiger partial charge on any atom is -0.399 e. The van der Waals surface area contributed by atoms with Gasteiger partial charge in [-0.2, -0.15) is 0 Å². The summed E-state index contributed by atoms with van der Waals surface area (Å²) in [6.45, 7) is 2.38. The predicted molar refractivity (Wildman–Crippen MR) is 67.0 cm³/mol. The Bertz CT molecular complexity index is 592. The number of aromatic nitrogens is 2. The molecule has 2 rings (SSSR count). The molecule has 5 heteroatoms. The third kappa shape index (κ3) is 2.14. The van der Waals surface area contributed by atoms with Gasteiger partial charge in [0, 0.05) is 12.8 Å². The van der Waals surface area contributed by atoms with E-state index in [9.17, 15) is 4.79 Å². The normalized spacial score (nSPS) is 12.8. The maximum absolute atomic E-state index is 12.2. The first-order valence-corrected chi connectivity index (χ1v) is 5.39. The van der Waals surface area contributed by atoms with Gasteiger partial charge in [0.25, 0.3) is 5.56 Å². The summed E-state index contributed by atoms with van der Waals surface area (Å²) in [5, 5.41) is 0.537. The van der Waals surface area contributed by atoms with Crippen LogP contribution in [-0.4, -0.2) is 23.3 Å². The average Bonchev–Trinajstić information content (AvgIpc) is 2.30. The standard InChI is InChI=1S/C12H15N3O2/c1-8(6-17-2)15-7-14-11-4-3-9(13)5-10(11)12(15)16/h3-5,7-8H,6,13H2,1-2H3. The van der Waals surface area contributed by atoms with Gasteiger partial charge in [-0.3, -0.25) is 9.36 Å². The Hall–Kier alpha value is -1.88. The Balaban J connectivity index is 2.60. The number of ether oxygens (including phenoxy) is 1. The molecule has 1 aromatic carbocycles. The fourth-order valence-electron chi connectivity index (χ4n) is 1.79. The number of nitrogens with zero attached hydrogens (tertiary/aromatic N) is 2. The molecule has 0 amide bonds. The highest BCUT2D eigenvalue weighted by molar-refractivity contribution is 5.80. The van der Waals surface area contributed by atoms with E-state index >= 15 is 0 Å². The minimum absolute atomic E-state index is 0.0502. The van der Waals surface area contributed by atoms with E-state index in [0.29, 0.717) is 23.2 Å². The summed E-state index contributed by atoms with van der Waals surface area (Å²) in [4.78, 5) is 16.4. The molecule has 1 unspecified atom stereocenters. The fraction of sp³-hybridized carbons (Fsp3) is 0.333. The molecule has 0 aliphatic rings. The van der Waals surface area contributed by atoms with Crippen molar-refractivity contribution in [1.82, 2.24) is 9.55 Å². The van der Waals surface area contributed by atoms with E-state index in [2.05, 4.69) is 4.98 Å². The van der Waals surface area contributed by atoms with Gasteiger partial charge >= 0.3 is 0 Å². The highest BCUT2D eigenvalue weighted by Gasteiger charge is 2.09. The number of anilines is 1. The number of nitrogens with two attached hydrogens (primary N) is 1. The second kappa shape index (κ2) is 4.55. The Morgan fingerprint density at radius 2 is 2.29 bits per heavy atom. The van der Waals surface area contributed by atoms with E-state index in [1.54, 1.807) is 36.2 Å². The first kappa shape index (κ1) is 11.6. The average molecular weight is 233 g/mol. The van der Waals surface area contributed by atoms with Crippen LogP contribution in [0.3, 0.4) is 0 Å². The molecular weight excluding hydrogens is 218 g/mol. The van der Waals surface area contributed by atoms with Crippen LogP contribution in [0, 0.1) is 0 Å². The molecule has 90 valence electrons. The largest absolute Gasteiger partial charge is 0.399 e. The molecule has 2 aromatic rings. The number of hydrogen-bond donors (Lipinski definition) is 1. The van der Waals surface area contributed by atoms with E-state index in [0.717, 1.165) is 0 Å². The molecule has 17 heavy (non-hydrogen) atoms. The van der Waals surface area contributed by atoms with Crippen molar-refractivity contribution < 1.29 is 4.74 Å². The smallest absolute Gasteiger partial charge is 0.261 e. The highest BCUT2D eigenvalue weighted by Crippen LogP contribution is 2.12. The van der Waals surface area contributed by atoms with Gasteiger partial charge in [-0.25, -0.2) is 4.98 Å². The molecule has 0 radical (unpaired) electrons. The molecule has 0 aliphatic heterocycles. The number of nitrogen functional groups attached to an aromatic ring is 1. The SMILES string of the molecule is COCC(C)n1cnc2ccc(N)cc2c1=O. The van der Waals surface area contributed by atoms with E-state index in [1.165, 1.54) is 0 Å². The molecule has 0 bridgehead atoms. The molecule has 1 atom stereocenters. The number of rotatable bonds is 3. The second-order valence-electron chi connectivity index (χ2n) is 4.04. The van der Waals surface area contributed by atoms with Crippen molar-refractivity contribution in [3.05, 3.63) is 34.9 Å². The van der Waals surface area contributed by atoms with Crippen molar-refractivity contribution in [3.63, 3.8) is 0 Å². The summed E-state index contributed by atoms with van der Waals surface area (Å²) in [6, 6.07) is 5.08. The Labute approximate surface area is 98.8 Å². The second-order valence-corrected chi connectivity index (χ2v) is 4.04. The van der Waals surface area contributed by atoms with E-state index in [1.807, 2.05) is 6.92 Å². The molecule has 1 heterocycles. The summed E-state index contributed by atoms with van der Waals surface area (Å²) in [5.41, 5.74) is 6.81. The van der Waals surface area contributed by atoms with Crippen LogP contribution < -0.4 is 11.3 Å². The summed E-state index contributed by atoms with van der Waals surface area (Å²) in [5.74, 6) is 0. The Morgan fingerprint density at radius 3 is 3.00 bits per heavy atom. The predicted octanol–water partition coefficient (Wildman–Crippen LogP) is 1.19. The highest BCUT2D eigenvalue weighted by atomic mass is 16.5. The molecule has 5 nitrogen and oxygen atoms in total. The third-order valence-corrected chi connectivity index (χ3v) is 2.69. The van der Waals surface area contributed by atoms with Crippen LogP contribution in [0.2, 0.25) is 0 Å². The van der Waals surface area contributed by atoms with Gasteiger partial charge in [-0.1, -0.05) is 0 Å². The van der Waals surface area contributed by atoms with Gasteiger partial charge in [-0.05, 0) is 25.1 Å². The molecule has 1 aromatic heterocycles. The first-order chi connectivity index (χ1) is 8.13. The third-order valence-electron chi connectivity index (χ3n) is 2.69. The van der Waals surface area contributed by atoms with Crippen molar-refractivity contribution in [2.45, 2.75) is 13.0 Å². The van der Waals surface area contributed by atoms with Crippen molar-refractivity contribution >= 4 is 16.6 Å². The molecule has 2 N–H and O–H groups in total. The van der Waals surface area contributed by atoms with Gasteiger partial charge in [0.2, 0.25) is 0 Å². The maximum Gasteiger partial charge on any atom is 0.261 e. The van der Waals surface area contributed by atoms with Crippen molar-refractivity contribution in [2.75, 3.05) is 19.5 Å². The van der Waals surface area contributed by atoms with Gasteiger partial charge < -0.3 is 10.5 Å². The quantitative estimate of drug-likeness (QED) is 0.808. The fourth-order valence-corrected chi connectivity index (χ4v) is 1.79. The van der Waals surface area contributed by atoms with Gasteiger partial charge in [0.15, 0.2) is 0 Å². The van der Waals surface area contributed by atoms with Crippen molar-refractivity contribution in [2.24, 2.45) is 0 Å². The number of methoxy groups -OCH3 is 1. The first-order valence-electron chi connectivity index (χ1n) is 5.39. The number of fused-ring (bicyclic) bond motifs is 1. The topological polar surface area (TPSA) is 70.1 Å². The van der Waals surface area contributed by atoms with Crippen LogP contribution in [0.5, 0.6) is 0 Å². The lowest BCUT2D eigenvalue weighted by Gasteiger charge is -2.14. The van der Waals surface area contributed by atoms with Crippen LogP contribution in [0.4, 0.5) is 5.69 Å². The van der Waals surface area contributed by atoms with Gasteiger partial charge in [0.05, 0.1) is 29.9 Å². The summed E-state index contributed by atoms with van der Waals surface area (Å²) in [6.07, 6.45) is 1.55. The zero-order valence-corrected chi connectivity index (χ0v) is 9.88. The van der Waals surface area contributed by atoms with Crippen LogP contribution in [0.15, 0.2) is 29.3 Å². The lowest BCUT2D eigenvalue weighted by atomic mass is 10.2. The zero-order valence-electron chi connectivity index (χ0n) is 9.88. The van der Waals surface area contributed by atoms with Crippen LogP contribution in [0.1, 0.15) is 13.0 Å². The molecule has 0 aliphatic carbocycles. The Kier molecular flexibility index (Phi) is 3.10. The lowest BCUT2D eigenvalue weighted by Crippen LogP contribution is -2.26. The van der Waals surface area contributed by atoms with Gasteiger partial charge in [0.1, 0.15) is 0 Å². The van der Waals surface area contributed by atoms with Crippen LogP contribution in [-0.2, 0) is 4.74 Å². The maximum atomic E-state index is 12.2. The number of benzene rings is 1. The molecule has 0 saturated heterocycles. The molecule has 0 saturated carbocycles. The lowest BCUT2D eigenvalue weighted by molar-refractivity contribution is 0.160. The summed E-state index contributed by atoms with van der Waals surface area (Å²) < 4.78 is 6.60. The molecule has 0 spiro atoms. The van der Waals surface area contributed by atoms with Crippen LogP contribution >= 0.6 is 0 Å². The summed E-state index contributed by atoms with van der Waals surface area (Å²) >= 11 is 0. The van der Waals surface area contributed by atoms with E-state index < -0.39 is 0 Å². The molecule has 0 fully saturated rings. The van der Waals surface area contributed by atoms with Gasteiger partial charge in [-0.15, -0.1) is 0 Å². The van der Waals surface area contributed by atoms with Crippen molar-refractivity contribution in [3.8, 4) is 0 Å². The Morgan fingerprint density at radius 1 is 1.53 bits per heavy atom. The monoisotopic (exact) mass is 233 g/mol. The van der Waals surface area contributed by atoms with Crippen molar-refractivity contribution in [1.29, 1.82) is 0 Å². The minimum atomic E-state index is -0.0909. The van der Waals surface area contributed by atoms with Crippen LogP contribution in [0.25, 0.3) is 10.9 Å². The molecular formula is C12H15N3O2. The summed E-state index contributed by atoms with van der Waals surface area (Å²) in [7, 11) is 1.61. The number of hydrogen-bond acceptors (Lipinski definition) is 4. The zero-order chi connectivity index (χ0) is 12.4.